The SMILES string of the molecule is C#CCCCNC1CCCCC1C. The summed E-state index contributed by atoms with van der Waals surface area (Å²) < 4.78 is 0. The molecule has 1 saturated carbocycles. The van der Waals surface area contributed by atoms with E-state index in [0.717, 1.165) is 31.3 Å². The summed E-state index contributed by atoms with van der Waals surface area (Å²) in [6.07, 6.45) is 12.8. The minimum atomic E-state index is 0.756. The number of unbranched alkanes of at least 4 members (excludes halogenated alkanes) is 1. The largest absolute Gasteiger partial charge is 0.314 e. The van der Waals surface area contributed by atoms with Crippen molar-refractivity contribution in [3.8, 4) is 12.3 Å². The first-order chi connectivity index (χ1) is 6.34. The van der Waals surface area contributed by atoms with Crippen LogP contribution in [0.25, 0.3) is 0 Å². The van der Waals surface area contributed by atoms with E-state index in [2.05, 4.69) is 18.2 Å². The fraction of sp³-hybridized carbons (Fsp3) is 0.833. The molecule has 0 aromatic rings. The van der Waals surface area contributed by atoms with Crippen LogP contribution in [-0.4, -0.2) is 12.6 Å². The van der Waals surface area contributed by atoms with E-state index in [0.29, 0.717) is 0 Å². The zero-order valence-electron chi connectivity index (χ0n) is 8.68. The van der Waals surface area contributed by atoms with Crippen LogP contribution >= 0.6 is 0 Å². The Morgan fingerprint density at radius 3 is 2.85 bits per heavy atom. The molecule has 1 nitrogen and oxygen atoms in total. The Morgan fingerprint density at radius 1 is 1.38 bits per heavy atom. The molecule has 1 heteroatoms. The lowest BCUT2D eigenvalue weighted by Crippen LogP contribution is -2.37. The Bertz CT molecular complexity index is 168. The van der Waals surface area contributed by atoms with Crippen molar-refractivity contribution in [2.45, 2.75) is 51.5 Å². The van der Waals surface area contributed by atoms with Crippen LogP contribution in [0.3, 0.4) is 0 Å². The average Bonchev–Trinajstić information content (AvgIpc) is 2.15. The minimum Gasteiger partial charge on any atom is -0.314 e. The summed E-state index contributed by atoms with van der Waals surface area (Å²) in [5.41, 5.74) is 0. The molecule has 0 aromatic carbocycles. The topological polar surface area (TPSA) is 12.0 Å². The summed E-state index contributed by atoms with van der Waals surface area (Å²) in [7, 11) is 0. The zero-order chi connectivity index (χ0) is 9.52. The van der Waals surface area contributed by atoms with Gasteiger partial charge in [0, 0.05) is 12.5 Å². The molecule has 0 bridgehead atoms. The van der Waals surface area contributed by atoms with Crippen molar-refractivity contribution >= 4 is 0 Å². The summed E-state index contributed by atoms with van der Waals surface area (Å²) in [4.78, 5) is 0. The molecule has 0 aromatic heterocycles. The molecule has 1 aliphatic rings. The maximum Gasteiger partial charge on any atom is 0.00981 e. The highest BCUT2D eigenvalue weighted by Gasteiger charge is 2.19. The van der Waals surface area contributed by atoms with Crippen LogP contribution in [0.15, 0.2) is 0 Å². The van der Waals surface area contributed by atoms with E-state index in [-0.39, 0.29) is 0 Å². The molecule has 13 heavy (non-hydrogen) atoms. The number of terminal acetylenes is 1. The Labute approximate surface area is 82.3 Å². The molecule has 0 spiro atoms. The maximum atomic E-state index is 5.20. The van der Waals surface area contributed by atoms with Crippen LogP contribution in [0.4, 0.5) is 0 Å². The molecule has 0 amide bonds. The maximum absolute atomic E-state index is 5.20. The van der Waals surface area contributed by atoms with Crippen molar-refractivity contribution in [1.82, 2.24) is 5.32 Å². The van der Waals surface area contributed by atoms with E-state index in [1.165, 1.54) is 25.7 Å². The normalized spacial score (nSPS) is 28.3. The van der Waals surface area contributed by atoms with Gasteiger partial charge in [0.1, 0.15) is 0 Å². The third-order valence-electron chi connectivity index (χ3n) is 3.02. The zero-order valence-corrected chi connectivity index (χ0v) is 8.68. The Balaban J connectivity index is 2.09. The fourth-order valence-electron chi connectivity index (χ4n) is 2.10. The van der Waals surface area contributed by atoms with E-state index in [1.54, 1.807) is 0 Å². The Morgan fingerprint density at radius 2 is 2.15 bits per heavy atom. The van der Waals surface area contributed by atoms with E-state index in [1.807, 2.05) is 0 Å². The van der Waals surface area contributed by atoms with E-state index < -0.39 is 0 Å². The lowest BCUT2D eigenvalue weighted by Gasteiger charge is -2.29. The fourth-order valence-corrected chi connectivity index (χ4v) is 2.10. The summed E-state index contributed by atoms with van der Waals surface area (Å²) in [5, 5.41) is 3.61. The quantitative estimate of drug-likeness (QED) is 0.516. The van der Waals surface area contributed by atoms with Crippen LogP contribution in [0.2, 0.25) is 0 Å². The van der Waals surface area contributed by atoms with Gasteiger partial charge in [-0.25, -0.2) is 0 Å². The highest BCUT2D eigenvalue weighted by atomic mass is 14.9. The van der Waals surface area contributed by atoms with Gasteiger partial charge in [-0.2, -0.15) is 0 Å². The molecule has 0 saturated heterocycles. The van der Waals surface area contributed by atoms with E-state index in [4.69, 9.17) is 6.42 Å². The van der Waals surface area contributed by atoms with Gasteiger partial charge in [-0.05, 0) is 31.7 Å². The van der Waals surface area contributed by atoms with Crippen LogP contribution in [-0.2, 0) is 0 Å². The number of nitrogens with one attached hydrogen (secondary N) is 1. The third kappa shape index (κ3) is 3.83. The molecule has 1 N–H and O–H groups in total. The van der Waals surface area contributed by atoms with Crippen molar-refractivity contribution in [3.05, 3.63) is 0 Å². The highest BCUT2D eigenvalue weighted by Crippen LogP contribution is 2.23. The van der Waals surface area contributed by atoms with Gasteiger partial charge in [-0.1, -0.05) is 19.8 Å². The van der Waals surface area contributed by atoms with Gasteiger partial charge in [0.15, 0.2) is 0 Å². The molecule has 2 unspecified atom stereocenters. The standard InChI is InChI=1S/C12H21N/c1-3-4-7-10-13-12-9-6-5-8-11(12)2/h1,11-13H,4-10H2,2H3. The average molecular weight is 179 g/mol. The first-order valence-corrected chi connectivity index (χ1v) is 5.51. The van der Waals surface area contributed by atoms with Crippen LogP contribution in [0, 0.1) is 18.3 Å². The molecule has 1 fully saturated rings. The molecule has 0 aliphatic heterocycles. The van der Waals surface area contributed by atoms with Crippen molar-refractivity contribution in [2.24, 2.45) is 5.92 Å². The highest BCUT2D eigenvalue weighted by molar-refractivity contribution is 4.84. The van der Waals surface area contributed by atoms with Gasteiger partial charge in [-0.15, -0.1) is 12.3 Å². The first-order valence-electron chi connectivity index (χ1n) is 5.51. The predicted octanol–water partition coefficient (Wildman–Crippen LogP) is 2.57. The molecule has 74 valence electrons. The summed E-state index contributed by atoms with van der Waals surface area (Å²) in [6, 6.07) is 0.756. The second-order valence-corrected chi connectivity index (χ2v) is 4.13. The van der Waals surface area contributed by atoms with Crippen molar-refractivity contribution in [2.75, 3.05) is 6.54 Å². The lowest BCUT2D eigenvalue weighted by molar-refractivity contribution is 0.281. The van der Waals surface area contributed by atoms with E-state index in [9.17, 15) is 0 Å². The number of hydrogen-bond donors (Lipinski definition) is 1. The summed E-state index contributed by atoms with van der Waals surface area (Å²) in [5.74, 6) is 3.54. The van der Waals surface area contributed by atoms with Gasteiger partial charge in [0.25, 0.3) is 0 Å². The van der Waals surface area contributed by atoms with Crippen molar-refractivity contribution in [3.63, 3.8) is 0 Å². The monoisotopic (exact) mass is 179 g/mol. The molecular formula is C12H21N. The lowest BCUT2D eigenvalue weighted by atomic mass is 9.86. The van der Waals surface area contributed by atoms with E-state index >= 15 is 0 Å². The van der Waals surface area contributed by atoms with Crippen molar-refractivity contribution < 1.29 is 0 Å². The second-order valence-electron chi connectivity index (χ2n) is 4.13. The first kappa shape index (κ1) is 10.6. The van der Waals surface area contributed by atoms with Crippen LogP contribution < -0.4 is 5.32 Å². The second kappa shape index (κ2) is 6.05. The molecule has 1 aliphatic carbocycles. The molecule has 0 radical (unpaired) electrons. The van der Waals surface area contributed by atoms with Gasteiger partial charge in [0.2, 0.25) is 0 Å². The Kier molecular flexibility index (Phi) is 4.93. The predicted molar refractivity (Wildman–Crippen MR) is 57.5 cm³/mol. The number of hydrogen-bond acceptors (Lipinski definition) is 1. The third-order valence-corrected chi connectivity index (χ3v) is 3.02. The smallest absolute Gasteiger partial charge is 0.00981 e. The summed E-state index contributed by atoms with van der Waals surface area (Å²) >= 11 is 0. The van der Waals surface area contributed by atoms with Crippen LogP contribution in [0.5, 0.6) is 0 Å². The molecular weight excluding hydrogens is 158 g/mol. The molecule has 2 atom stereocenters. The van der Waals surface area contributed by atoms with Crippen molar-refractivity contribution in [1.29, 1.82) is 0 Å². The Hall–Kier alpha value is -0.480. The van der Waals surface area contributed by atoms with Gasteiger partial charge in [0.05, 0.1) is 0 Å². The van der Waals surface area contributed by atoms with Gasteiger partial charge in [-0.3, -0.25) is 0 Å². The van der Waals surface area contributed by atoms with Gasteiger partial charge >= 0.3 is 0 Å². The molecule has 1 rings (SSSR count). The minimum absolute atomic E-state index is 0.756. The van der Waals surface area contributed by atoms with Crippen LogP contribution in [0.1, 0.15) is 45.4 Å². The summed E-state index contributed by atoms with van der Waals surface area (Å²) in [6.45, 7) is 3.46. The molecule has 0 heterocycles. The number of rotatable bonds is 4. The van der Waals surface area contributed by atoms with Gasteiger partial charge < -0.3 is 5.32 Å².